The van der Waals surface area contributed by atoms with Gasteiger partial charge in [-0.05, 0) is 66.9 Å². The van der Waals surface area contributed by atoms with Crippen molar-refractivity contribution in [2.45, 2.75) is 56.4 Å². The first-order valence-electron chi connectivity index (χ1n) is 15.1. The highest BCUT2D eigenvalue weighted by Gasteiger charge is 2.38. The van der Waals surface area contributed by atoms with Gasteiger partial charge >= 0.3 is 6.18 Å². The predicted octanol–water partition coefficient (Wildman–Crippen LogP) is 8.42. The molecule has 7 nitrogen and oxygen atoms in total. The van der Waals surface area contributed by atoms with Crippen LogP contribution in [-0.2, 0) is 38.8 Å². The van der Waals surface area contributed by atoms with Gasteiger partial charge in [0.25, 0.3) is 10.0 Å². The van der Waals surface area contributed by atoms with Gasteiger partial charge in [0.2, 0.25) is 11.8 Å². The number of halogens is 6. The number of carbonyl (C=O) groups excluding carboxylic acids is 2. The monoisotopic (exact) mass is 753 g/mol. The maximum Gasteiger partial charge on any atom is 0.417 e. The molecule has 0 spiro atoms. The third-order valence-corrected chi connectivity index (χ3v) is 10.5. The van der Waals surface area contributed by atoms with E-state index in [1.165, 1.54) is 35.2 Å². The van der Waals surface area contributed by atoms with Gasteiger partial charge in [-0.15, -0.1) is 0 Å². The zero-order valence-electron chi connectivity index (χ0n) is 26.4. The molecule has 0 saturated carbocycles. The van der Waals surface area contributed by atoms with Gasteiger partial charge in [-0.1, -0.05) is 96.3 Å². The standard InChI is InChI=1S/C35H33Cl3F3N3O4S/c1-3-23(2)42-34(46)32(18-24-10-6-4-7-11-24)43(21-25-14-15-26(36)19-31(25)38)33(45)22-44(49(47,48)28-12-8-5-9-13-28)27-16-17-30(37)29(20-27)35(39,40)41/h4-17,19-20,23,32H,3,18,21-22H2,1-2H3,(H,42,46)/t23-,32-/m1/s1. The van der Waals surface area contributed by atoms with Crippen molar-refractivity contribution in [2.75, 3.05) is 10.8 Å². The number of alkyl halides is 3. The molecule has 2 amide bonds. The molecule has 2 atom stereocenters. The lowest BCUT2D eigenvalue weighted by atomic mass is 10.0. The van der Waals surface area contributed by atoms with Crippen molar-refractivity contribution < 1.29 is 31.2 Å². The molecule has 4 aromatic carbocycles. The lowest BCUT2D eigenvalue weighted by molar-refractivity contribution is -0.140. The molecular weight excluding hydrogens is 722 g/mol. The fourth-order valence-corrected chi connectivity index (χ4v) is 7.08. The minimum atomic E-state index is -4.93. The van der Waals surface area contributed by atoms with E-state index < -0.39 is 56.9 Å². The Balaban J connectivity index is 1.88. The molecule has 260 valence electrons. The fourth-order valence-electron chi connectivity index (χ4n) is 4.96. The Morgan fingerprint density at radius 3 is 2.08 bits per heavy atom. The lowest BCUT2D eigenvalue weighted by Gasteiger charge is -2.34. The van der Waals surface area contributed by atoms with Crippen molar-refractivity contribution in [3.05, 3.63) is 129 Å². The molecule has 0 aliphatic heterocycles. The van der Waals surface area contributed by atoms with E-state index in [2.05, 4.69) is 5.32 Å². The molecule has 49 heavy (non-hydrogen) atoms. The third kappa shape index (κ3) is 9.69. The van der Waals surface area contributed by atoms with Gasteiger partial charge in [-0.25, -0.2) is 8.42 Å². The average Bonchev–Trinajstić information content (AvgIpc) is 3.06. The van der Waals surface area contributed by atoms with E-state index in [4.69, 9.17) is 34.8 Å². The van der Waals surface area contributed by atoms with E-state index in [0.717, 1.165) is 12.1 Å². The molecule has 0 radical (unpaired) electrons. The predicted molar refractivity (Wildman–Crippen MR) is 186 cm³/mol. The van der Waals surface area contributed by atoms with Crippen LogP contribution in [0.1, 0.15) is 37.0 Å². The molecule has 0 unspecified atom stereocenters. The van der Waals surface area contributed by atoms with Crippen LogP contribution in [0.5, 0.6) is 0 Å². The molecule has 0 aliphatic carbocycles. The Kier molecular flexibility index (Phi) is 12.6. The number of rotatable bonds is 13. The molecule has 14 heteroatoms. The van der Waals surface area contributed by atoms with Gasteiger partial charge in [0.1, 0.15) is 12.6 Å². The molecule has 0 aliphatic rings. The Bertz CT molecular complexity index is 1880. The average molecular weight is 755 g/mol. The summed E-state index contributed by atoms with van der Waals surface area (Å²) in [6.07, 6.45) is -4.31. The van der Waals surface area contributed by atoms with Gasteiger partial charge in [0.05, 0.1) is 21.2 Å². The molecule has 4 rings (SSSR count). The molecule has 0 aromatic heterocycles. The number of hydrogen-bond donors (Lipinski definition) is 1. The minimum Gasteiger partial charge on any atom is -0.352 e. The number of anilines is 1. The van der Waals surface area contributed by atoms with Crippen LogP contribution in [0, 0.1) is 0 Å². The zero-order valence-corrected chi connectivity index (χ0v) is 29.5. The highest BCUT2D eigenvalue weighted by Crippen LogP contribution is 2.38. The maximum absolute atomic E-state index is 14.6. The van der Waals surface area contributed by atoms with E-state index in [9.17, 15) is 31.2 Å². The first kappa shape index (κ1) is 38.0. The van der Waals surface area contributed by atoms with E-state index >= 15 is 0 Å². The summed E-state index contributed by atoms with van der Waals surface area (Å²) < 4.78 is 70.6. The highest BCUT2D eigenvalue weighted by molar-refractivity contribution is 7.92. The van der Waals surface area contributed by atoms with Crippen molar-refractivity contribution in [1.29, 1.82) is 0 Å². The second-order valence-corrected chi connectivity index (χ2v) is 14.4. The molecule has 0 fully saturated rings. The van der Waals surface area contributed by atoms with Crippen LogP contribution in [-0.4, -0.2) is 43.8 Å². The first-order valence-corrected chi connectivity index (χ1v) is 17.7. The highest BCUT2D eigenvalue weighted by atomic mass is 35.5. The Morgan fingerprint density at radius 1 is 0.857 bits per heavy atom. The Labute approximate surface area is 298 Å². The number of nitrogens with one attached hydrogen (secondary N) is 1. The molecule has 1 N–H and O–H groups in total. The number of sulfonamides is 1. The van der Waals surface area contributed by atoms with Gasteiger partial charge in [-0.2, -0.15) is 13.2 Å². The fraction of sp³-hybridized carbons (Fsp3) is 0.257. The number of nitrogens with zero attached hydrogens (tertiary/aromatic N) is 2. The number of amides is 2. The van der Waals surface area contributed by atoms with Crippen molar-refractivity contribution in [1.82, 2.24) is 10.2 Å². The third-order valence-electron chi connectivity index (χ3n) is 7.78. The topological polar surface area (TPSA) is 86.8 Å². The second-order valence-electron chi connectivity index (χ2n) is 11.3. The van der Waals surface area contributed by atoms with Crippen LogP contribution in [0.15, 0.2) is 102 Å². The maximum atomic E-state index is 14.6. The largest absolute Gasteiger partial charge is 0.417 e. The normalized spacial score (nSPS) is 13.0. The number of benzene rings is 4. The van der Waals surface area contributed by atoms with E-state index in [1.807, 2.05) is 6.92 Å². The van der Waals surface area contributed by atoms with Crippen LogP contribution in [0.25, 0.3) is 0 Å². The SMILES string of the molecule is CC[C@@H](C)NC(=O)[C@@H](Cc1ccccc1)N(Cc1ccc(Cl)cc1Cl)C(=O)CN(c1ccc(Cl)c(C(F)(F)F)c1)S(=O)(=O)c1ccccc1. The Hall–Kier alpha value is -3.77. The molecular formula is C35H33Cl3F3N3O4S. The van der Waals surface area contributed by atoms with Crippen molar-refractivity contribution in [3.63, 3.8) is 0 Å². The lowest BCUT2D eigenvalue weighted by Crippen LogP contribution is -2.54. The summed E-state index contributed by atoms with van der Waals surface area (Å²) in [6, 6.07) is 21.6. The molecule has 4 aromatic rings. The van der Waals surface area contributed by atoms with Crippen LogP contribution in [0.2, 0.25) is 15.1 Å². The van der Waals surface area contributed by atoms with Crippen molar-refractivity contribution >= 4 is 62.3 Å². The van der Waals surface area contributed by atoms with Gasteiger partial charge < -0.3 is 10.2 Å². The molecule has 0 bridgehead atoms. The van der Waals surface area contributed by atoms with Gasteiger partial charge in [0.15, 0.2) is 0 Å². The van der Waals surface area contributed by atoms with E-state index in [0.29, 0.717) is 32.9 Å². The molecule has 0 saturated heterocycles. The summed E-state index contributed by atoms with van der Waals surface area (Å²) in [6.45, 7) is 2.45. The number of hydrogen-bond acceptors (Lipinski definition) is 4. The van der Waals surface area contributed by atoms with Crippen molar-refractivity contribution in [3.8, 4) is 0 Å². The minimum absolute atomic E-state index is 0.0324. The van der Waals surface area contributed by atoms with E-state index in [1.54, 1.807) is 55.5 Å². The van der Waals surface area contributed by atoms with Gasteiger partial charge in [-0.3, -0.25) is 13.9 Å². The second kappa shape index (κ2) is 16.3. The van der Waals surface area contributed by atoms with Crippen molar-refractivity contribution in [2.24, 2.45) is 0 Å². The summed E-state index contributed by atoms with van der Waals surface area (Å²) in [5.41, 5.74) is -0.639. The van der Waals surface area contributed by atoms with Crippen LogP contribution >= 0.6 is 34.8 Å². The summed E-state index contributed by atoms with van der Waals surface area (Å²) in [5.74, 6) is -1.39. The smallest absolute Gasteiger partial charge is 0.352 e. The van der Waals surface area contributed by atoms with Crippen LogP contribution < -0.4 is 9.62 Å². The molecule has 0 heterocycles. The first-order chi connectivity index (χ1) is 23.1. The summed E-state index contributed by atoms with van der Waals surface area (Å²) in [5, 5.41) is 2.77. The Morgan fingerprint density at radius 2 is 1.49 bits per heavy atom. The summed E-state index contributed by atoms with van der Waals surface area (Å²) in [4.78, 5) is 29.4. The van der Waals surface area contributed by atoms with Gasteiger partial charge in [0, 0.05) is 29.1 Å². The summed E-state index contributed by atoms with van der Waals surface area (Å²) >= 11 is 18.5. The quantitative estimate of drug-likeness (QED) is 0.149. The number of carbonyl (C=O) groups is 2. The van der Waals surface area contributed by atoms with Crippen LogP contribution in [0.3, 0.4) is 0 Å². The van der Waals surface area contributed by atoms with Crippen LogP contribution in [0.4, 0.5) is 18.9 Å². The zero-order chi connectivity index (χ0) is 35.9. The summed E-state index contributed by atoms with van der Waals surface area (Å²) in [7, 11) is -4.64. The van der Waals surface area contributed by atoms with E-state index in [-0.39, 0.29) is 28.9 Å².